The quantitative estimate of drug-likeness (QED) is 0.810. The molecule has 3 rings (SSSR count). The summed E-state index contributed by atoms with van der Waals surface area (Å²) in [6.07, 6.45) is 0.291. The normalized spacial score (nSPS) is 18.1. The van der Waals surface area contributed by atoms with Gasteiger partial charge in [-0.1, -0.05) is 0 Å². The lowest BCUT2D eigenvalue weighted by Crippen LogP contribution is -2.47. The molecule has 8 nitrogen and oxygen atoms in total. The van der Waals surface area contributed by atoms with Gasteiger partial charge in [-0.3, -0.25) is 9.48 Å². The predicted molar refractivity (Wildman–Crippen MR) is 92.3 cm³/mol. The Bertz CT molecular complexity index is 671. The van der Waals surface area contributed by atoms with Crippen molar-refractivity contribution >= 4 is 12.0 Å². The molecule has 0 aliphatic carbocycles. The van der Waals surface area contributed by atoms with Crippen molar-refractivity contribution in [2.75, 3.05) is 32.7 Å². The minimum Gasteiger partial charge on any atom is -0.444 e. The molecule has 0 spiro atoms. The van der Waals surface area contributed by atoms with Crippen molar-refractivity contribution < 1.29 is 14.3 Å². The van der Waals surface area contributed by atoms with Crippen LogP contribution in [0.1, 0.15) is 42.5 Å². The van der Waals surface area contributed by atoms with Crippen LogP contribution in [0.3, 0.4) is 0 Å². The molecule has 0 radical (unpaired) electrons. The van der Waals surface area contributed by atoms with Gasteiger partial charge in [0.2, 0.25) is 0 Å². The highest BCUT2D eigenvalue weighted by molar-refractivity contribution is 5.94. The Kier molecular flexibility index (Phi) is 4.73. The average Bonchev–Trinajstić information content (AvgIpc) is 2.88. The molecular weight excluding hydrogens is 322 g/mol. The first-order chi connectivity index (χ1) is 11.8. The number of rotatable bonds is 1. The Morgan fingerprint density at radius 1 is 1.12 bits per heavy atom. The summed E-state index contributed by atoms with van der Waals surface area (Å²) in [4.78, 5) is 28.9. The van der Waals surface area contributed by atoms with E-state index < -0.39 is 5.60 Å². The fourth-order valence-electron chi connectivity index (χ4n) is 3.27. The maximum Gasteiger partial charge on any atom is 0.410 e. The first-order valence-electron chi connectivity index (χ1n) is 8.79. The molecule has 0 aromatic carbocycles. The van der Waals surface area contributed by atoms with Crippen LogP contribution in [0.4, 0.5) is 4.79 Å². The van der Waals surface area contributed by atoms with Gasteiger partial charge >= 0.3 is 6.09 Å². The number of carbonyl (C=O) groups is 2. The zero-order valence-electron chi connectivity index (χ0n) is 15.5. The molecule has 0 bridgehead atoms. The Labute approximate surface area is 148 Å². The maximum absolute atomic E-state index is 13.0. The Morgan fingerprint density at radius 3 is 2.44 bits per heavy atom. The maximum atomic E-state index is 13.0. The van der Waals surface area contributed by atoms with Gasteiger partial charge in [0.25, 0.3) is 5.91 Å². The van der Waals surface area contributed by atoms with Gasteiger partial charge in [0.15, 0.2) is 0 Å². The molecule has 2 aliphatic rings. The van der Waals surface area contributed by atoms with Gasteiger partial charge in [0.1, 0.15) is 11.3 Å². The Balaban J connectivity index is 1.81. The van der Waals surface area contributed by atoms with E-state index in [0.29, 0.717) is 38.3 Å². The number of fused-ring (bicyclic) bond motifs is 1. The standard InChI is InChI=1S/C17H27N5O3/c1-17(2,3)25-16(24)22-8-5-13-12(11-22)14(20(4)19-13)15(23)21-9-6-18-7-10-21/h18H,5-11H2,1-4H3. The van der Waals surface area contributed by atoms with E-state index >= 15 is 0 Å². The lowest BCUT2D eigenvalue weighted by molar-refractivity contribution is 0.0222. The lowest BCUT2D eigenvalue weighted by Gasteiger charge is -2.31. The number of carbonyl (C=O) groups excluding carboxylic acids is 2. The van der Waals surface area contributed by atoms with Crippen LogP contribution < -0.4 is 5.32 Å². The van der Waals surface area contributed by atoms with Crippen LogP contribution in [-0.4, -0.2) is 69.9 Å². The molecule has 1 saturated heterocycles. The van der Waals surface area contributed by atoms with Crippen molar-refractivity contribution in [3.63, 3.8) is 0 Å². The number of piperazine rings is 1. The van der Waals surface area contributed by atoms with Crippen molar-refractivity contribution in [2.24, 2.45) is 7.05 Å². The highest BCUT2D eigenvalue weighted by Crippen LogP contribution is 2.24. The Morgan fingerprint density at radius 2 is 1.80 bits per heavy atom. The zero-order chi connectivity index (χ0) is 18.2. The molecule has 2 amide bonds. The molecule has 1 fully saturated rings. The highest BCUT2D eigenvalue weighted by Gasteiger charge is 2.33. The van der Waals surface area contributed by atoms with Crippen LogP contribution in [0.5, 0.6) is 0 Å². The van der Waals surface area contributed by atoms with Crippen LogP contribution in [-0.2, 0) is 24.8 Å². The molecule has 8 heteroatoms. The van der Waals surface area contributed by atoms with Gasteiger partial charge in [-0.25, -0.2) is 4.79 Å². The minimum absolute atomic E-state index is 0.0104. The van der Waals surface area contributed by atoms with E-state index in [2.05, 4.69) is 10.4 Å². The number of ether oxygens (including phenoxy) is 1. The van der Waals surface area contributed by atoms with Crippen molar-refractivity contribution in [3.8, 4) is 0 Å². The van der Waals surface area contributed by atoms with Crippen molar-refractivity contribution in [1.82, 2.24) is 24.9 Å². The summed E-state index contributed by atoms with van der Waals surface area (Å²) in [5.41, 5.74) is 1.81. The third-order valence-corrected chi connectivity index (χ3v) is 4.45. The molecule has 25 heavy (non-hydrogen) atoms. The fraction of sp³-hybridized carbons (Fsp3) is 0.706. The van der Waals surface area contributed by atoms with Crippen molar-refractivity contribution in [2.45, 2.75) is 39.3 Å². The number of amides is 2. The summed E-state index contributed by atoms with van der Waals surface area (Å²) in [6, 6.07) is 0. The summed E-state index contributed by atoms with van der Waals surface area (Å²) >= 11 is 0. The molecular formula is C17H27N5O3. The largest absolute Gasteiger partial charge is 0.444 e. The predicted octanol–water partition coefficient (Wildman–Crippen LogP) is 0.759. The van der Waals surface area contributed by atoms with Crippen LogP contribution in [0.15, 0.2) is 0 Å². The second kappa shape index (κ2) is 6.67. The van der Waals surface area contributed by atoms with Gasteiger partial charge in [-0.05, 0) is 20.8 Å². The number of hydrogen-bond donors (Lipinski definition) is 1. The SMILES string of the molecule is Cn1nc2c(c1C(=O)N1CCNCC1)CN(C(=O)OC(C)(C)C)CC2. The van der Waals surface area contributed by atoms with Gasteiger partial charge in [-0.15, -0.1) is 0 Å². The molecule has 1 N–H and O–H groups in total. The second-order valence-electron chi connectivity index (χ2n) is 7.59. The number of aryl methyl sites for hydroxylation is 1. The van der Waals surface area contributed by atoms with E-state index in [4.69, 9.17) is 4.74 Å². The van der Waals surface area contributed by atoms with Gasteiger partial charge in [-0.2, -0.15) is 5.10 Å². The summed E-state index contributed by atoms with van der Waals surface area (Å²) in [7, 11) is 1.80. The second-order valence-corrected chi connectivity index (χ2v) is 7.59. The number of hydrogen-bond acceptors (Lipinski definition) is 5. The minimum atomic E-state index is -0.536. The van der Waals surface area contributed by atoms with E-state index in [1.807, 2.05) is 25.7 Å². The van der Waals surface area contributed by atoms with Crippen molar-refractivity contribution in [1.29, 1.82) is 0 Å². The highest BCUT2D eigenvalue weighted by atomic mass is 16.6. The first kappa shape index (κ1) is 17.7. The van der Waals surface area contributed by atoms with E-state index in [1.165, 1.54) is 0 Å². The van der Waals surface area contributed by atoms with Crippen LogP contribution in [0.25, 0.3) is 0 Å². The van der Waals surface area contributed by atoms with E-state index in [9.17, 15) is 9.59 Å². The third kappa shape index (κ3) is 3.78. The van der Waals surface area contributed by atoms with E-state index in [-0.39, 0.29) is 12.0 Å². The number of nitrogens with zero attached hydrogens (tertiary/aromatic N) is 4. The summed E-state index contributed by atoms with van der Waals surface area (Å²) in [5.74, 6) is -0.0104. The molecule has 3 heterocycles. The monoisotopic (exact) mass is 349 g/mol. The molecule has 2 aliphatic heterocycles. The number of aromatic nitrogens is 2. The smallest absolute Gasteiger partial charge is 0.410 e. The molecule has 0 saturated carbocycles. The number of nitrogens with one attached hydrogen (secondary N) is 1. The van der Waals surface area contributed by atoms with Crippen molar-refractivity contribution in [3.05, 3.63) is 17.0 Å². The molecule has 138 valence electrons. The molecule has 1 aromatic heterocycles. The molecule has 0 unspecified atom stereocenters. The zero-order valence-corrected chi connectivity index (χ0v) is 15.5. The Hall–Kier alpha value is -2.09. The summed E-state index contributed by atoms with van der Waals surface area (Å²) in [6.45, 7) is 9.46. The third-order valence-electron chi connectivity index (χ3n) is 4.45. The van der Waals surface area contributed by atoms with Crippen LogP contribution >= 0.6 is 0 Å². The fourth-order valence-corrected chi connectivity index (χ4v) is 3.27. The molecule has 1 aromatic rings. The summed E-state index contributed by atoms with van der Waals surface area (Å²) in [5, 5.41) is 7.76. The van der Waals surface area contributed by atoms with E-state index in [0.717, 1.165) is 24.3 Å². The summed E-state index contributed by atoms with van der Waals surface area (Å²) < 4.78 is 7.13. The van der Waals surface area contributed by atoms with E-state index in [1.54, 1.807) is 16.6 Å². The van der Waals surface area contributed by atoms with Crippen LogP contribution in [0.2, 0.25) is 0 Å². The first-order valence-corrected chi connectivity index (χ1v) is 8.79. The van der Waals surface area contributed by atoms with Gasteiger partial charge in [0, 0.05) is 51.8 Å². The topological polar surface area (TPSA) is 79.7 Å². The molecule has 0 atom stereocenters. The average molecular weight is 349 g/mol. The van der Waals surface area contributed by atoms with Crippen LogP contribution in [0, 0.1) is 0 Å². The van der Waals surface area contributed by atoms with Gasteiger partial charge < -0.3 is 19.9 Å². The lowest BCUT2D eigenvalue weighted by atomic mass is 10.0. The van der Waals surface area contributed by atoms with Gasteiger partial charge in [0.05, 0.1) is 12.2 Å².